The maximum absolute atomic E-state index is 10.8. The molecular formula is C9H13KO2S. The minimum Gasteiger partial charge on any atom is -1.00 e. The van der Waals surface area contributed by atoms with E-state index in [9.17, 15) is 4.21 Å². The minimum atomic E-state index is -1.86. The van der Waals surface area contributed by atoms with E-state index < -0.39 is 11.1 Å². The van der Waals surface area contributed by atoms with Crippen LogP contribution in [0.5, 0.6) is 0 Å². The average molecular weight is 224 g/mol. The summed E-state index contributed by atoms with van der Waals surface area (Å²) in [5.41, 5.74) is 0.943. The van der Waals surface area contributed by atoms with Crippen molar-refractivity contribution < 1.29 is 61.6 Å². The van der Waals surface area contributed by atoms with E-state index in [-0.39, 0.29) is 58.7 Å². The van der Waals surface area contributed by atoms with Crippen molar-refractivity contribution in [3.05, 3.63) is 29.8 Å². The van der Waals surface area contributed by atoms with E-state index >= 15 is 0 Å². The zero-order valence-electron chi connectivity index (χ0n) is 9.15. The average Bonchev–Trinajstić information content (AvgIpc) is 2.04. The van der Waals surface area contributed by atoms with Crippen molar-refractivity contribution >= 4 is 11.1 Å². The first-order valence-corrected chi connectivity index (χ1v) is 4.93. The molecule has 0 spiro atoms. The molecule has 0 saturated heterocycles. The third-order valence-electron chi connectivity index (χ3n) is 1.73. The van der Waals surface area contributed by atoms with Crippen LogP contribution in [0.4, 0.5) is 0 Å². The van der Waals surface area contributed by atoms with Crippen molar-refractivity contribution in [2.45, 2.75) is 24.7 Å². The van der Waals surface area contributed by atoms with Crippen LogP contribution in [0.3, 0.4) is 0 Å². The van der Waals surface area contributed by atoms with Crippen molar-refractivity contribution in [3.63, 3.8) is 0 Å². The van der Waals surface area contributed by atoms with Crippen LogP contribution in [0.15, 0.2) is 29.2 Å². The van der Waals surface area contributed by atoms with Gasteiger partial charge < -0.3 is 5.98 Å². The van der Waals surface area contributed by atoms with Gasteiger partial charge in [0.05, 0.1) is 4.90 Å². The second kappa shape index (κ2) is 6.45. The molecule has 1 unspecified atom stereocenters. The third kappa shape index (κ3) is 3.91. The Hall–Kier alpha value is 0.966. The Bertz CT molecular complexity index is 305. The standard InChI is InChI=1S/C9H12O2S.K.H/c1-7(2)8-5-3-4-6-9(8)12(10)11;;/h3-7H,1-2H3,(H,10,11);;/q;+1;-1. The van der Waals surface area contributed by atoms with Crippen LogP contribution in [-0.4, -0.2) is 8.76 Å². The van der Waals surface area contributed by atoms with Crippen LogP contribution in [0.2, 0.25) is 0 Å². The monoisotopic (exact) mass is 224 g/mol. The Balaban J connectivity index is 0. The Kier molecular flexibility index (Phi) is 6.93. The molecule has 4 heteroatoms. The first-order valence-electron chi connectivity index (χ1n) is 3.82. The second-order valence-corrected chi connectivity index (χ2v) is 3.88. The second-order valence-electron chi connectivity index (χ2n) is 2.94. The Morgan fingerprint density at radius 1 is 1.38 bits per heavy atom. The Morgan fingerprint density at radius 3 is 2.31 bits per heavy atom. The summed E-state index contributed by atoms with van der Waals surface area (Å²) in [5, 5.41) is 0. The third-order valence-corrected chi connectivity index (χ3v) is 2.48. The van der Waals surface area contributed by atoms with Gasteiger partial charge in [0, 0.05) is 0 Å². The van der Waals surface area contributed by atoms with Crippen molar-refractivity contribution in [2.24, 2.45) is 0 Å². The first-order chi connectivity index (χ1) is 5.63. The normalized spacial score (nSPS) is 12.3. The summed E-state index contributed by atoms with van der Waals surface area (Å²) in [6.07, 6.45) is 0. The number of rotatable bonds is 2. The Labute approximate surface area is 125 Å². The molecule has 0 saturated carbocycles. The minimum absolute atomic E-state index is 0. The van der Waals surface area contributed by atoms with Crippen molar-refractivity contribution in [3.8, 4) is 0 Å². The maximum Gasteiger partial charge on any atom is 1.00 e. The van der Waals surface area contributed by atoms with E-state index in [4.69, 9.17) is 4.55 Å². The van der Waals surface area contributed by atoms with Gasteiger partial charge in [-0.05, 0) is 17.5 Å². The fourth-order valence-corrected chi connectivity index (χ4v) is 1.82. The molecule has 0 amide bonds. The molecule has 0 radical (unpaired) electrons. The van der Waals surface area contributed by atoms with Gasteiger partial charge in [0.25, 0.3) is 0 Å². The van der Waals surface area contributed by atoms with Gasteiger partial charge >= 0.3 is 51.4 Å². The van der Waals surface area contributed by atoms with E-state index in [0.717, 1.165) is 5.56 Å². The van der Waals surface area contributed by atoms with Gasteiger partial charge in [0.2, 0.25) is 0 Å². The van der Waals surface area contributed by atoms with E-state index in [1.54, 1.807) is 12.1 Å². The topological polar surface area (TPSA) is 37.3 Å². The van der Waals surface area contributed by atoms with Gasteiger partial charge in [-0.2, -0.15) is 0 Å². The van der Waals surface area contributed by atoms with Crippen LogP contribution < -0.4 is 51.4 Å². The molecule has 1 aromatic rings. The zero-order valence-corrected chi connectivity index (χ0v) is 12.1. The molecule has 68 valence electrons. The fourth-order valence-electron chi connectivity index (χ4n) is 1.12. The number of hydrogen-bond donors (Lipinski definition) is 1. The fraction of sp³-hybridized carbons (Fsp3) is 0.333. The number of hydrogen-bond acceptors (Lipinski definition) is 1. The maximum atomic E-state index is 10.8. The molecule has 0 aliphatic carbocycles. The Morgan fingerprint density at radius 2 is 1.92 bits per heavy atom. The molecule has 0 aliphatic rings. The van der Waals surface area contributed by atoms with Crippen LogP contribution >= 0.6 is 0 Å². The van der Waals surface area contributed by atoms with Crippen LogP contribution in [-0.2, 0) is 11.1 Å². The molecule has 0 fully saturated rings. The van der Waals surface area contributed by atoms with Gasteiger partial charge in [-0.1, -0.05) is 32.0 Å². The van der Waals surface area contributed by atoms with Crippen LogP contribution in [0, 0.1) is 0 Å². The van der Waals surface area contributed by atoms with E-state index in [1.807, 2.05) is 26.0 Å². The van der Waals surface area contributed by atoms with Gasteiger partial charge in [0.1, 0.15) is 0 Å². The summed E-state index contributed by atoms with van der Waals surface area (Å²) in [6, 6.07) is 7.22. The molecule has 0 bridgehead atoms. The SMILES string of the molecule is CC(C)c1ccccc1S(=O)O.[H-].[K+]. The molecule has 0 heterocycles. The molecule has 13 heavy (non-hydrogen) atoms. The van der Waals surface area contributed by atoms with Crippen LogP contribution in [0.1, 0.15) is 26.8 Å². The largest absolute Gasteiger partial charge is 1.00 e. The summed E-state index contributed by atoms with van der Waals surface area (Å²) in [7, 11) is 0. The van der Waals surface area contributed by atoms with Gasteiger partial charge in [-0.15, -0.1) is 0 Å². The van der Waals surface area contributed by atoms with Crippen molar-refractivity contribution in [1.82, 2.24) is 0 Å². The smallest absolute Gasteiger partial charge is 1.00 e. The first kappa shape index (κ1) is 14.0. The zero-order chi connectivity index (χ0) is 9.14. The molecule has 2 nitrogen and oxygen atoms in total. The van der Waals surface area contributed by atoms with E-state index in [0.29, 0.717) is 4.90 Å². The van der Waals surface area contributed by atoms with Gasteiger partial charge in [-0.25, -0.2) is 4.21 Å². The van der Waals surface area contributed by atoms with Crippen LogP contribution in [0.25, 0.3) is 0 Å². The summed E-state index contributed by atoms with van der Waals surface area (Å²) in [6.45, 7) is 4.01. The van der Waals surface area contributed by atoms with Gasteiger partial charge in [0.15, 0.2) is 11.1 Å². The predicted octanol–water partition coefficient (Wildman–Crippen LogP) is -0.493. The van der Waals surface area contributed by atoms with Crippen molar-refractivity contribution in [2.75, 3.05) is 0 Å². The molecule has 0 aliphatic heterocycles. The quantitative estimate of drug-likeness (QED) is 0.543. The van der Waals surface area contributed by atoms with E-state index in [1.165, 1.54) is 0 Å². The molecule has 1 rings (SSSR count). The summed E-state index contributed by atoms with van der Waals surface area (Å²) < 4.78 is 19.8. The molecular weight excluding hydrogens is 211 g/mol. The molecule has 1 atom stereocenters. The summed E-state index contributed by atoms with van der Waals surface area (Å²) >= 11 is -1.86. The van der Waals surface area contributed by atoms with Crippen molar-refractivity contribution in [1.29, 1.82) is 0 Å². The molecule has 1 N–H and O–H groups in total. The predicted molar refractivity (Wildman–Crippen MR) is 50.7 cm³/mol. The molecule has 0 aromatic heterocycles. The summed E-state index contributed by atoms with van der Waals surface area (Å²) in [5.74, 6) is 0.289. The van der Waals surface area contributed by atoms with E-state index in [2.05, 4.69) is 0 Å². The number of benzene rings is 1. The summed E-state index contributed by atoms with van der Waals surface area (Å²) in [4.78, 5) is 0.521. The molecule has 1 aromatic carbocycles. The van der Waals surface area contributed by atoms with Gasteiger partial charge in [-0.3, -0.25) is 0 Å².